The van der Waals surface area contributed by atoms with Crippen molar-refractivity contribution in [1.82, 2.24) is 0 Å². The van der Waals surface area contributed by atoms with Crippen LogP contribution in [0.4, 0.5) is 0 Å². The predicted molar refractivity (Wildman–Crippen MR) is 127 cm³/mol. The van der Waals surface area contributed by atoms with E-state index in [-0.39, 0.29) is 41.1 Å². The molecule has 2 aromatic carbocycles. The molecule has 0 amide bonds. The summed E-state index contributed by atoms with van der Waals surface area (Å²) >= 11 is 0. The van der Waals surface area contributed by atoms with Gasteiger partial charge in [-0.2, -0.15) is 8.42 Å². The second-order valence-corrected chi connectivity index (χ2v) is 10.5. The van der Waals surface area contributed by atoms with Crippen molar-refractivity contribution >= 4 is 22.1 Å². The molecule has 1 aliphatic carbocycles. The molecule has 186 valence electrons. The van der Waals surface area contributed by atoms with Gasteiger partial charge in [0.2, 0.25) is 0 Å². The number of carbonyl (C=O) groups is 2. The summed E-state index contributed by atoms with van der Waals surface area (Å²) in [6.07, 6.45) is 1.27. The third kappa shape index (κ3) is 4.52. The van der Waals surface area contributed by atoms with Crippen molar-refractivity contribution in [2.75, 3.05) is 14.2 Å². The minimum Gasteiger partial charge on any atom is -0.496 e. The molecule has 4 rings (SSSR count). The van der Waals surface area contributed by atoms with E-state index in [0.29, 0.717) is 35.3 Å². The van der Waals surface area contributed by atoms with E-state index in [2.05, 4.69) is 0 Å². The van der Waals surface area contributed by atoms with Gasteiger partial charge in [-0.3, -0.25) is 4.79 Å². The van der Waals surface area contributed by atoms with Gasteiger partial charge in [-0.25, -0.2) is 4.79 Å². The highest BCUT2D eigenvalue weighted by Crippen LogP contribution is 2.46. The Bertz CT molecular complexity index is 1340. The van der Waals surface area contributed by atoms with Gasteiger partial charge in [0.25, 0.3) is 0 Å². The maximum Gasteiger partial charge on any atom is 0.342 e. The van der Waals surface area contributed by atoms with Gasteiger partial charge in [0.1, 0.15) is 22.8 Å². The Morgan fingerprint density at radius 3 is 2.37 bits per heavy atom. The number of rotatable bonds is 7. The first-order valence-electron chi connectivity index (χ1n) is 11.2. The Balaban J connectivity index is 1.85. The average molecular weight is 501 g/mol. The maximum atomic E-state index is 13.2. The van der Waals surface area contributed by atoms with E-state index < -0.39 is 16.1 Å². The molecule has 8 nitrogen and oxygen atoms in total. The monoisotopic (exact) mass is 500 g/mol. The number of allylic oxidation sites excluding steroid dienone is 2. The van der Waals surface area contributed by atoms with Crippen molar-refractivity contribution in [3.8, 4) is 11.5 Å². The van der Waals surface area contributed by atoms with Gasteiger partial charge in [0.05, 0.1) is 20.1 Å². The Labute approximate surface area is 205 Å². The van der Waals surface area contributed by atoms with Crippen LogP contribution in [0.2, 0.25) is 0 Å². The van der Waals surface area contributed by atoms with Gasteiger partial charge < -0.3 is 18.4 Å². The first kappa shape index (κ1) is 24.8. The minimum atomic E-state index is -4.26. The summed E-state index contributed by atoms with van der Waals surface area (Å²) in [5.74, 6) is -0.906. The zero-order valence-corrected chi connectivity index (χ0v) is 21.2. The summed E-state index contributed by atoms with van der Waals surface area (Å²) in [5.41, 5.74) is 4.60. The number of hydrogen-bond acceptors (Lipinski definition) is 8. The van der Waals surface area contributed by atoms with Crippen molar-refractivity contribution in [3.05, 3.63) is 63.2 Å². The number of hydrogen-bond donors (Lipinski definition) is 0. The lowest BCUT2D eigenvalue weighted by molar-refractivity contribution is -0.145. The molecule has 1 unspecified atom stereocenters. The zero-order valence-electron chi connectivity index (χ0n) is 20.4. The van der Waals surface area contributed by atoms with Crippen LogP contribution in [0.3, 0.4) is 0 Å². The quantitative estimate of drug-likeness (QED) is 0.317. The number of aryl methyl sites for hydroxylation is 1. The lowest BCUT2D eigenvalue weighted by Gasteiger charge is -2.20. The van der Waals surface area contributed by atoms with Crippen LogP contribution in [0.1, 0.15) is 52.4 Å². The third-order valence-corrected chi connectivity index (χ3v) is 7.94. The van der Waals surface area contributed by atoms with Crippen LogP contribution < -0.4 is 8.92 Å². The second-order valence-electron chi connectivity index (χ2n) is 8.94. The van der Waals surface area contributed by atoms with E-state index in [1.165, 1.54) is 26.4 Å². The van der Waals surface area contributed by atoms with Crippen molar-refractivity contribution in [2.24, 2.45) is 5.92 Å². The van der Waals surface area contributed by atoms with Gasteiger partial charge >= 0.3 is 22.1 Å². The summed E-state index contributed by atoms with van der Waals surface area (Å²) in [6, 6.07) is 6.26. The fraction of sp³-hybridized carbons (Fsp3) is 0.385. The molecular formula is C26H28O8S. The molecule has 1 heterocycles. The molecule has 0 fully saturated rings. The number of carbonyl (C=O) groups excluding carboxylic acids is 2. The van der Waals surface area contributed by atoms with Crippen LogP contribution in [-0.4, -0.2) is 34.6 Å². The standard InChI is InChI=1S/C26H28O8S/c1-14-6-8-19(9-7-14)35(29,30)34-24-20(12-17-11-18(10-15(17)2)25(27)32-5)23(31-4)16(3)21-13-33-26(28)22(21)24/h6-9,18H,10-13H2,1-5H3. The fourth-order valence-electron chi connectivity index (χ4n) is 4.77. The highest BCUT2D eigenvalue weighted by Gasteiger charge is 2.37. The predicted octanol–water partition coefficient (Wildman–Crippen LogP) is 4.19. The van der Waals surface area contributed by atoms with Gasteiger partial charge in [-0.05, 0) is 51.3 Å². The lowest BCUT2D eigenvalue weighted by atomic mass is 9.92. The number of fused-ring (bicyclic) bond motifs is 1. The summed E-state index contributed by atoms with van der Waals surface area (Å²) < 4.78 is 48.0. The molecule has 2 aliphatic rings. The number of ether oxygens (including phenoxy) is 3. The van der Waals surface area contributed by atoms with Crippen molar-refractivity contribution in [1.29, 1.82) is 0 Å². The summed E-state index contributed by atoms with van der Waals surface area (Å²) in [7, 11) is -1.42. The molecule has 0 aromatic heterocycles. The van der Waals surface area contributed by atoms with E-state index in [9.17, 15) is 18.0 Å². The molecule has 0 spiro atoms. The smallest absolute Gasteiger partial charge is 0.342 e. The molecule has 0 saturated heterocycles. The summed E-state index contributed by atoms with van der Waals surface area (Å²) in [6.45, 7) is 5.59. The van der Waals surface area contributed by atoms with Crippen molar-refractivity contribution < 1.29 is 36.4 Å². The molecular weight excluding hydrogens is 472 g/mol. The van der Waals surface area contributed by atoms with Crippen molar-refractivity contribution in [2.45, 2.75) is 51.5 Å². The largest absolute Gasteiger partial charge is 0.496 e. The maximum absolute atomic E-state index is 13.2. The molecule has 9 heteroatoms. The van der Waals surface area contributed by atoms with Gasteiger partial charge in [0.15, 0.2) is 5.75 Å². The highest BCUT2D eigenvalue weighted by molar-refractivity contribution is 7.87. The van der Waals surface area contributed by atoms with E-state index in [1.54, 1.807) is 19.1 Å². The zero-order chi connectivity index (χ0) is 25.5. The molecule has 35 heavy (non-hydrogen) atoms. The molecule has 1 atom stereocenters. The number of cyclic esters (lactones) is 1. The fourth-order valence-corrected chi connectivity index (χ4v) is 5.74. The van der Waals surface area contributed by atoms with Gasteiger partial charge in [-0.15, -0.1) is 0 Å². The molecule has 0 radical (unpaired) electrons. The average Bonchev–Trinajstić information content (AvgIpc) is 3.39. The topological polar surface area (TPSA) is 105 Å². The number of esters is 2. The first-order valence-corrected chi connectivity index (χ1v) is 12.6. The van der Waals surface area contributed by atoms with Crippen LogP contribution in [0.15, 0.2) is 40.3 Å². The Hall–Kier alpha value is -3.33. The normalized spacial score (nSPS) is 17.3. The summed E-state index contributed by atoms with van der Waals surface area (Å²) in [4.78, 5) is 24.8. The van der Waals surface area contributed by atoms with Crippen LogP contribution in [0, 0.1) is 19.8 Å². The molecule has 0 saturated carbocycles. The summed E-state index contributed by atoms with van der Waals surface area (Å²) in [5, 5.41) is 0. The molecule has 0 N–H and O–H groups in total. The van der Waals surface area contributed by atoms with Gasteiger partial charge in [-0.1, -0.05) is 28.8 Å². The Morgan fingerprint density at radius 1 is 1.06 bits per heavy atom. The molecule has 0 bridgehead atoms. The third-order valence-electron chi connectivity index (χ3n) is 6.70. The second kappa shape index (κ2) is 9.37. The molecule has 1 aliphatic heterocycles. The Morgan fingerprint density at radius 2 is 1.74 bits per heavy atom. The van der Waals surface area contributed by atoms with Crippen LogP contribution in [-0.2, 0) is 37.4 Å². The van der Waals surface area contributed by atoms with Crippen LogP contribution in [0.5, 0.6) is 11.5 Å². The van der Waals surface area contributed by atoms with E-state index in [1.807, 2.05) is 13.8 Å². The van der Waals surface area contributed by atoms with Crippen LogP contribution in [0.25, 0.3) is 0 Å². The minimum absolute atomic E-state index is 0.00369. The first-order chi connectivity index (χ1) is 16.6. The van der Waals surface area contributed by atoms with E-state index >= 15 is 0 Å². The number of benzene rings is 2. The highest BCUT2D eigenvalue weighted by atomic mass is 32.2. The number of methoxy groups -OCH3 is 2. The van der Waals surface area contributed by atoms with E-state index in [4.69, 9.17) is 18.4 Å². The lowest BCUT2D eigenvalue weighted by Crippen LogP contribution is -2.16. The van der Waals surface area contributed by atoms with Crippen LogP contribution >= 0.6 is 0 Å². The molecule has 2 aromatic rings. The van der Waals surface area contributed by atoms with Gasteiger partial charge in [0, 0.05) is 17.5 Å². The SMILES string of the molecule is COC(=O)C1CC(C)=C(Cc2c(OC)c(C)c3c(c2OS(=O)(=O)c2ccc(C)cc2)C(=O)OC3)C1. The van der Waals surface area contributed by atoms with E-state index in [0.717, 1.165) is 16.7 Å². The Kier molecular flexibility index (Phi) is 6.64. The van der Waals surface area contributed by atoms with Crippen molar-refractivity contribution in [3.63, 3.8) is 0 Å².